The van der Waals surface area contributed by atoms with Crippen LogP contribution < -0.4 is 10.1 Å². The zero-order valence-corrected chi connectivity index (χ0v) is 11.5. The smallest absolute Gasteiger partial charge is 0.410 e. The molecule has 4 heteroatoms. The summed E-state index contributed by atoms with van der Waals surface area (Å²) in [7, 11) is 0. The zero-order valence-electron chi connectivity index (χ0n) is 11.5. The van der Waals surface area contributed by atoms with Crippen LogP contribution in [0.5, 0.6) is 5.75 Å². The first-order chi connectivity index (χ1) is 10.7. The number of halogens is 1. The van der Waals surface area contributed by atoms with Crippen LogP contribution in [-0.4, -0.2) is 6.09 Å². The highest BCUT2D eigenvalue weighted by molar-refractivity contribution is 5.91. The van der Waals surface area contributed by atoms with Crippen molar-refractivity contribution in [2.24, 2.45) is 0 Å². The Hall–Kier alpha value is -2.88. The third-order valence-corrected chi connectivity index (χ3v) is 3.87. The molecule has 1 aliphatic heterocycles. The molecule has 108 valence electrons. The first kappa shape index (κ1) is 12.8. The monoisotopic (exact) mass is 293 g/mol. The Bertz CT molecular complexity index is 891. The Morgan fingerprint density at radius 2 is 1.86 bits per heavy atom. The van der Waals surface area contributed by atoms with Gasteiger partial charge in [0.15, 0.2) is 0 Å². The second-order valence-corrected chi connectivity index (χ2v) is 5.22. The molecule has 1 heterocycles. The van der Waals surface area contributed by atoms with Gasteiger partial charge in [0.1, 0.15) is 11.6 Å². The van der Waals surface area contributed by atoms with E-state index in [1.54, 1.807) is 18.2 Å². The largest absolute Gasteiger partial charge is 0.413 e. The van der Waals surface area contributed by atoms with Gasteiger partial charge in [-0.05, 0) is 34.5 Å². The summed E-state index contributed by atoms with van der Waals surface area (Å²) >= 11 is 0. The van der Waals surface area contributed by atoms with Crippen molar-refractivity contribution in [3.05, 3.63) is 77.6 Å². The van der Waals surface area contributed by atoms with E-state index in [9.17, 15) is 9.18 Å². The molecule has 0 aromatic heterocycles. The lowest BCUT2D eigenvalue weighted by molar-refractivity contribution is 0.191. The number of amides is 1. The zero-order chi connectivity index (χ0) is 15.1. The third-order valence-electron chi connectivity index (χ3n) is 3.87. The first-order valence-electron chi connectivity index (χ1n) is 6.98. The Labute approximate surface area is 126 Å². The van der Waals surface area contributed by atoms with E-state index >= 15 is 0 Å². The molecule has 3 aromatic rings. The number of carbonyl (C=O) groups excluding carboxylic acids is 1. The number of benzene rings is 3. The van der Waals surface area contributed by atoms with Crippen LogP contribution in [0.15, 0.2) is 60.7 Å². The van der Waals surface area contributed by atoms with E-state index in [1.807, 2.05) is 30.3 Å². The molecule has 0 fully saturated rings. The summed E-state index contributed by atoms with van der Waals surface area (Å²) in [5, 5.41) is 4.81. The van der Waals surface area contributed by atoms with Crippen LogP contribution in [0.1, 0.15) is 17.2 Å². The summed E-state index contributed by atoms with van der Waals surface area (Å²) in [6.07, 6.45) is -0.531. The molecule has 0 radical (unpaired) electrons. The Morgan fingerprint density at radius 3 is 2.73 bits per heavy atom. The van der Waals surface area contributed by atoms with Crippen LogP contribution in [-0.2, 0) is 0 Å². The molecular formula is C18H12FNO2. The van der Waals surface area contributed by atoms with Gasteiger partial charge in [-0.3, -0.25) is 0 Å². The van der Waals surface area contributed by atoms with Gasteiger partial charge in [0, 0.05) is 5.56 Å². The number of hydrogen-bond acceptors (Lipinski definition) is 2. The molecule has 0 saturated heterocycles. The molecule has 0 saturated carbocycles. The summed E-state index contributed by atoms with van der Waals surface area (Å²) in [6, 6.07) is 17.4. The second-order valence-electron chi connectivity index (χ2n) is 5.22. The maximum absolute atomic E-state index is 13.6. The van der Waals surface area contributed by atoms with Gasteiger partial charge in [0.25, 0.3) is 0 Å². The molecule has 3 aromatic carbocycles. The van der Waals surface area contributed by atoms with Gasteiger partial charge in [-0.2, -0.15) is 0 Å². The average molecular weight is 293 g/mol. The van der Waals surface area contributed by atoms with E-state index in [4.69, 9.17) is 4.74 Å². The lowest BCUT2D eigenvalue weighted by atomic mass is 9.92. The standard InChI is InChI=1S/C18H12FNO2/c19-13-6-3-5-12(10-13)17-16-14-7-2-1-4-11(14)8-9-15(16)22-18(21)20-17/h1-10,17H,(H,20,21). The predicted octanol–water partition coefficient (Wildman–Crippen LogP) is 4.17. The summed E-state index contributed by atoms with van der Waals surface area (Å²) < 4.78 is 18.8. The highest BCUT2D eigenvalue weighted by Gasteiger charge is 2.29. The van der Waals surface area contributed by atoms with Crippen LogP contribution in [0.2, 0.25) is 0 Å². The fourth-order valence-corrected chi connectivity index (χ4v) is 2.92. The first-order valence-corrected chi connectivity index (χ1v) is 6.98. The van der Waals surface area contributed by atoms with Crippen LogP contribution in [0.4, 0.5) is 9.18 Å². The Balaban J connectivity index is 1.99. The van der Waals surface area contributed by atoms with Crippen molar-refractivity contribution in [3.8, 4) is 5.75 Å². The fourth-order valence-electron chi connectivity index (χ4n) is 2.92. The van der Waals surface area contributed by atoms with Crippen LogP contribution in [0.3, 0.4) is 0 Å². The quantitative estimate of drug-likeness (QED) is 0.731. The van der Waals surface area contributed by atoms with Crippen molar-refractivity contribution in [1.29, 1.82) is 0 Å². The highest BCUT2D eigenvalue weighted by atomic mass is 19.1. The van der Waals surface area contributed by atoms with E-state index in [1.165, 1.54) is 12.1 Å². The van der Waals surface area contributed by atoms with Crippen LogP contribution in [0.25, 0.3) is 10.8 Å². The van der Waals surface area contributed by atoms with Gasteiger partial charge < -0.3 is 10.1 Å². The minimum Gasteiger partial charge on any atom is -0.410 e. The number of carbonyl (C=O) groups is 1. The number of rotatable bonds is 1. The molecular weight excluding hydrogens is 281 g/mol. The molecule has 1 aliphatic rings. The van der Waals surface area contributed by atoms with Crippen molar-refractivity contribution in [1.82, 2.24) is 5.32 Å². The van der Waals surface area contributed by atoms with Gasteiger partial charge in [-0.25, -0.2) is 9.18 Å². The van der Waals surface area contributed by atoms with Gasteiger partial charge in [-0.1, -0.05) is 42.5 Å². The summed E-state index contributed by atoms with van der Waals surface area (Å²) in [4.78, 5) is 11.8. The van der Waals surface area contributed by atoms with Gasteiger partial charge in [0.2, 0.25) is 0 Å². The van der Waals surface area contributed by atoms with E-state index in [0.717, 1.165) is 16.3 Å². The van der Waals surface area contributed by atoms with Crippen molar-refractivity contribution < 1.29 is 13.9 Å². The maximum atomic E-state index is 13.6. The van der Waals surface area contributed by atoms with Crippen molar-refractivity contribution in [2.75, 3.05) is 0 Å². The molecule has 3 nitrogen and oxygen atoms in total. The predicted molar refractivity (Wildman–Crippen MR) is 81.4 cm³/mol. The molecule has 1 atom stereocenters. The van der Waals surface area contributed by atoms with Gasteiger partial charge >= 0.3 is 6.09 Å². The summed E-state index contributed by atoms with van der Waals surface area (Å²) in [5.41, 5.74) is 1.54. The molecule has 4 rings (SSSR count). The molecule has 1 amide bonds. The van der Waals surface area contributed by atoms with Crippen molar-refractivity contribution in [3.63, 3.8) is 0 Å². The lowest BCUT2D eigenvalue weighted by Gasteiger charge is -2.27. The minimum absolute atomic E-state index is 0.333. The maximum Gasteiger partial charge on any atom is 0.413 e. The third kappa shape index (κ3) is 2.00. The Kier molecular flexibility index (Phi) is 2.82. The van der Waals surface area contributed by atoms with E-state index in [0.29, 0.717) is 11.3 Å². The number of ether oxygens (including phenoxy) is 1. The SMILES string of the molecule is O=C1NC(c2cccc(F)c2)c2c(ccc3ccccc23)O1. The van der Waals surface area contributed by atoms with Crippen molar-refractivity contribution in [2.45, 2.75) is 6.04 Å². The van der Waals surface area contributed by atoms with E-state index in [-0.39, 0.29) is 5.82 Å². The molecule has 0 bridgehead atoms. The van der Waals surface area contributed by atoms with E-state index in [2.05, 4.69) is 5.32 Å². The molecule has 22 heavy (non-hydrogen) atoms. The number of fused-ring (bicyclic) bond motifs is 3. The average Bonchev–Trinajstić information content (AvgIpc) is 2.53. The normalized spacial score (nSPS) is 16.8. The van der Waals surface area contributed by atoms with Crippen LogP contribution >= 0.6 is 0 Å². The molecule has 1 N–H and O–H groups in total. The minimum atomic E-state index is -0.531. The number of nitrogens with one attached hydrogen (secondary N) is 1. The van der Waals surface area contributed by atoms with E-state index < -0.39 is 12.1 Å². The Morgan fingerprint density at radius 1 is 1.00 bits per heavy atom. The second kappa shape index (κ2) is 4.84. The topological polar surface area (TPSA) is 38.3 Å². The number of hydrogen-bond donors (Lipinski definition) is 1. The van der Waals surface area contributed by atoms with Gasteiger partial charge in [0.05, 0.1) is 6.04 Å². The van der Waals surface area contributed by atoms with Crippen LogP contribution in [0, 0.1) is 5.82 Å². The molecule has 0 spiro atoms. The fraction of sp³-hybridized carbons (Fsp3) is 0.0556. The molecule has 0 aliphatic carbocycles. The van der Waals surface area contributed by atoms with Crippen molar-refractivity contribution >= 4 is 16.9 Å². The highest BCUT2D eigenvalue weighted by Crippen LogP contribution is 2.38. The lowest BCUT2D eigenvalue weighted by Crippen LogP contribution is -2.36. The summed E-state index contributed by atoms with van der Waals surface area (Å²) in [6.45, 7) is 0. The summed E-state index contributed by atoms with van der Waals surface area (Å²) in [5.74, 6) is 0.178. The molecule has 1 unspecified atom stereocenters. The van der Waals surface area contributed by atoms with Gasteiger partial charge in [-0.15, -0.1) is 0 Å².